The van der Waals surface area contributed by atoms with Gasteiger partial charge >= 0.3 is 0 Å². The summed E-state index contributed by atoms with van der Waals surface area (Å²) in [5.41, 5.74) is 0.287. The average Bonchev–Trinajstić information content (AvgIpc) is 2.79. The Morgan fingerprint density at radius 2 is 2.10 bits per heavy atom. The van der Waals surface area contributed by atoms with E-state index < -0.39 is 21.5 Å². The second kappa shape index (κ2) is 6.83. The lowest BCUT2D eigenvalue weighted by atomic mass is 10.1. The van der Waals surface area contributed by atoms with Crippen molar-refractivity contribution >= 4 is 9.84 Å². The van der Waals surface area contributed by atoms with Gasteiger partial charge in [0, 0.05) is 18.2 Å². The summed E-state index contributed by atoms with van der Waals surface area (Å²) in [5, 5.41) is 0. The third kappa shape index (κ3) is 4.23. The van der Waals surface area contributed by atoms with E-state index in [1.54, 1.807) is 6.07 Å². The van der Waals surface area contributed by atoms with Crippen LogP contribution in [0.5, 0.6) is 0 Å². The Morgan fingerprint density at radius 3 is 2.71 bits per heavy atom. The SMILES string of the molecule is CCCCN(Cc1cccc(F)c1F)C1CCS(=O)(=O)C1. The summed E-state index contributed by atoms with van der Waals surface area (Å²) >= 11 is 0. The van der Waals surface area contributed by atoms with Gasteiger partial charge in [0.25, 0.3) is 0 Å². The summed E-state index contributed by atoms with van der Waals surface area (Å²) in [6, 6.07) is 4.04. The number of rotatable bonds is 6. The standard InChI is InChI=1S/C15H21F2NO2S/c1-2-3-8-18(13-7-9-21(19,20)11-13)10-12-5-4-6-14(16)15(12)17/h4-6,13H,2-3,7-11H2,1H3. The van der Waals surface area contributed by atoms with Crippen molar-refractivity contribution in [1.82, 2.24) is 4.90 Å². The van der Waals surface area contributed by atoms with Crippen molar-refractivity contribution in [2.45, 2.75) is 38.8 Å². The molecular weight excluding hydrogens is 296 g/mol. The number of hydrogen-bond donors (Lipinski definition) is 0. The maximum Gasteiger partial charge on any atom is 0.163 e. The molecule has 0 amide bonds. The van der Waals surface area contributed by atoms with Crippen LogP contribution < -0.4 is 0 Å². The van der Waals surface area contributed by atoms with Gasteiger partial charge in [-0.1, -0.05) is 25.5 Å². The molecule has 1 aliphatic heterocycles. The molecule has 0 saturated carbocycles. The molecule has 1 unspecified atom stereocenters. The van der Waals surface area contributed by atoms with E-state index in [2.05, 4.69) is 0 Å². The Morgan fingerprint density at radius 1 is 1.33 bits per heavy atom. The summed E-state index contributed by atoms with van der Waals surface area (Å²) < 4.78 is 50.4. The van der Waals surface area contributed by atoms with Gasteiger partial charge in [0.05, 0.1) is 11.5 Å². The Balaban J connectivity index is 2.15. The van der Waals surface area contributed by atoms with E-state index in [4.69, 9.17) is 0 Å². The van der Waals surface area contributed by atoms with E-state index in [1.807, 2.05) is 11.8 Å². The third-order valence-electron chi connectivity index (χ3n) is 3.93. The molecule has 0 radical (unpaired) electrons. The quantitative estimate of drug-likeness (QED) is 0.809. The Bertz CT molecular complexity index is 589. The first-order chi connectivity index (χ1) is 9.93. The van der Waals surface area contributed by atoms with Crippen LogP contribution in [-0.2, 0) is 16.4 Å². The number of unbranched alkanes of at least 4 members (excludes halogenated alkanes) is 1. The van der Waals surface area contributed by atoms with E-state index in [1.165, 1.54) is 6.07 Å². The number of halogens is 2. The van der Waals surface area contributed by atoms with Crippen LogP contribution in [0.4, 0.5) is 8.78 Å². The molecule has 1 atom stereocenters. The zero-order chi connectivity index (χ0) is 15.5. The van der Waals surface area contributed by atoms with E-state index in [0.29, 0.717) is 13.0 Å². The van der Waals surface area contributed by atoms with Crippen LogP contribution in [0.3, 0.4) is 0 Å². The van der Waals surface area contributed by atoms with Crippen LogP contribution in [0.25, 0.3) is 0 Å². The highest BCUT2D eigenvalue weighted by Crippen LogP contribution is 2.22. The number of hydrogen-bond acceptors (Lipinski definition) is 3. The first-order valence-electron chi connectivity index (χ1n) is 7.30. The van der Waals surface area contributed by atoms with Crippen molar-refractivity contribution in [2.75, 3.05) is 18.1 Å². The molecule has 0 aliphatic carbocycles. The predicted octanol–water partition coefficient (Wildman–Crippen LogP) is 2.75. The Hall–Kier alpha value is -1.01. The van der Waals surface area contributed by atoms with Crippen molar-refractivity contribution < 1.29 is 17.2 Å². The fraction of sp³-hybridized carbons (Fsp3) is 0.600. The molecule has 3 nitrogen and oxygen atoms in total. The van der Waals surface area contributed by atoms with Gasteiger partial charge < -0.3 is 0 Å². The second-order valence-corrected chi connectivity index (χ2v) is 7.82. The highest BCUT2D eigenvalue weighted by molar-refractivity contribution is 7.91. The molecule has 1 aromatic carbocycles. The lowest BCUT2D eigenvalue weighted by Gasteiger charge is -2.28. The van der Waals surface area contributed by atoms with Crippen LogP contribution in [0.1, 0.15) is 31.7 Å². The maximum absolute atomic E-state index is 13.8. The summed E-state index contributed by atoms with van der Waals surface area (Å²) in [6.07, 6.45) is 2.46. The number of sulfone groups is 1. The minimum Gasteiger partial charge on any atom is -0.295 e. The number of nitrogens with zero attached hydrogens (tertiary/aromatic N) is 1. The zero-order valence-corrected chi connectivity index (χ0v) is 13.0. The van der Waals surface area contributed by atoms with E-state index >= 15 is 0 Å². The molecule has 0 N–H and O–H groups in total. The van der Waals surface area contributed by atoms with E-state index in [9.17, 15) is 17.2 Å². The van der Waals surface area contributed by atoms with Gasteiger partial charge in [0.15, 0.2) is 21.5 Å². The van der Waals surface area contributed by atoms with E-state index in [0.717, 1.165) is 18.9 Å². The van der Waals surface area contributed by atoms with Crippen LogP contribution in [0, 0.1) is 11.6 Å². The van der Waals surface area contributed by atoms with Crippen molar-refractivity contribution in [1.29, 1.82) is 0 Å². The smallest absolute Gasteiger partial charge is 0.163 e. The molecule has 1 aliphatic rings. The highest BCUT2D eigenvalue weighted by atomic mass is 32.2. The molecule has 0 aromatic heterocycles. The normalized spacial score (nSPS) is 21.0. The lowest BCUT2D eigenvalue weighted by molar-refractivity contribution is 0.197. The van der Waals surface area contributed by atoms with Crippen molar-refractivity contribution in [3.05, 3.63) is 35.4 Å². The predicted molar refractivity (Wildman–Crippen MR) is 78.7 cm³/mol. The Labute approximate surface area is 124 Å². The van der Waals surface area contributed by atoms with Gasteiger partial charge in [-0.2, -0.15) is 0 Å². The maximum atomic E-state index is 13.8. The first-order valence-corrected chi connectivity index (χ1v) is 9.12. The summed E-state index contributed by atoms with van der Waals surface area (Å²) in [5.74, 6) is -1.39. The molecule has 6 heteroatoms. The first kappa shape index (κ1) is 16.4. The second-order valence-electron chi connectivity index (χ2n) is 5.59. The minimum absolute atomic E-state index is 0.0933. The topological polar surface area (TPSA) is 37.4 Å². The van der Waals surface area contributed by atoms with Crippen molar-refractivity contribution in [2.24, 2.45) is 0 Å². The van der Waals surface area contributed by atoms with Crippen LogP contribution in [-0.4, -0.2) is 37.4 Å². The molecule has 1 heterocycles. The molecule has 118 valence electrons. The van der Waals surface area contributed by atoms with Gasteiger partial charge in [0.1, 0.15) is 0 Å². The van der Waals surface area contributed by atoms with E-state index in [-0.39, 0.29) is 29.7 Å². The Kier molecular flexibility index (Phi) is 5.32. The molecule has 0 spiro atoms. The van der Waals surface area contributed by atoms with Crippen molar-refractivity contribution in [3.8, 4) is 0 Å². The third-order valence-corrected chi connectivity index (χ3v) is 5.68. The summed E-state index contributed by atoms with van der Waals surface area (Å²) in [4.78, 5) is 1.98. The molecule has 1 aromatic rings. The zero-order valence-electron chi connectivity index (χ0n) is 12.2. The van der Waals surface area contributed by atoms with Gasteiger partial charge in [-0.15, -0.1) is 0 Å². The molecule has 1 saturated heterocycles. The van der Waals surface area contributed by atoms with Crippen LogP contribution in [0.2, 0.25) is 0 Å². The van der Waals surface area contributed by atoms with Gasteiger partial charge in [-0.05, 0) is 25.5 Å². The van der Waals surface area contributed by atoms with Gasteiger partial charge in [-0.25, -0.2) is 17.2 Å². The van der Waals surface area contributed by atoms with Gasteiger partial charge in [-0.3, -0.25) is 4.90 Å². The monoisotopic (exact) mass is 317 g/mol. The highest BCUT2D eigenvalue weighted by Gasteiger charge is 2.32. The molecular formula is C15H21F2NO2S. The lowest BCUT2D eigenvalue weighted by Crippen LogP contribution is -2.36. The van der Waals surface area contributed by atoms with Crippen LogP contribution in [0.15, 0.2) is 18.2 Å². The molecule has 21 heavy (non-hydrogen) atoms. The fourth-order valence-electron chi connectivity index (χ4n) is 2.70. The van der Waals surface area contributed by atoms with Crippen LogP contribution >= 0.6 is 0 Å². The molecule has 2 rings (SSSR count). The number of benzene rings is 1. The average molecular weight is 317 g/mol. The van der Waals surface area contributed by atoms with Gasteiger partial charge in [0.2, 0.25) is 0 Å². The van der Waals surface area contributed by atoms with Crippen molar-refractivity contribution in [3.63, 3.8) is 0 Å². The summed E-state index contributed by atoms with van der Waals surface area (Å²) in [7, 11) is -2.99. The fourth-order valence-corrected chi connectivity index (χ4v) is 4.47. The minimum atomic E-state index is -2.99. The largest absolute Gasteiger partial charge is 0.295 e. The molecule has 1 fully saturated rings. The molecule has 0 bridgehead atoms. The summed E-state index contributed by atoms with van der Waals surface area (Å²) in [6.45, 7) is 3.00.